The van der Waals surface area contributed by atoms with Crippen LogP contribution in [0, 0.1) is 0 Å². The normalized spacial score (nSPS) is 14.9. The number of benzene rings is 2. The Hall–Kier alpha value is -5.54. The predicted molar refractivity (Wildman–Crippen MR) is 192 cm³/mol. The second-order valence-electron chi connectivity index (χ2n) is 12.0. The number of Topliss-reactive ketones (excluding diaryl/α,β-unsaturated/α-hetero) is 2. The molecule has 2 saturated carbocycles. The fraction of sp³-hybridized carbons (Fsp3) is 0.450. The van der Waals surface area contributed by atoms with Crippen LogP contribution in [0.2, 0.25) is 0 Å². The summed E-state index contributed by atoms with van der Waals surface area (Å²) in [5.41, 5.74) is 1.61. The average Bonchev–Trinajstić information content (AvgIpc) is 3.79. The van der Waals surface area contributed by atoms with E-state index in [1.54, 1.807) is 27.7 Å². The Balaban J connectivity index is 0.000000387. The van der Waals surface area contributed by atoms with Crippen LogP contribution in [0.1, 0.15) is 90.2 Å². The molecule has 0 aromatic heterocycles. The van der Waals surface area contributed by atoms with Crippen molar-refractivity contribution < 1.29 is 93.9 Å². The molecule has 0 heterocycles. The maximum atomic E-state index is 12.3. The van der Waals surface area contributed by atoms with Gasteiger partial charge < -0.3 is 48.1 Å². The third-order valence-electron chi connectivity index (χ3n) is 8.15. The summed E-state index contributed by atoms with van der Waals surface area (Å²) in [6.07, 6.45) is 0.241. The number of carbonyl (C=O) groups excluding carboxylic acids is 6. The second kappa shape index (κ2) is 24.9. The van der Waals surface area contributed by atoms with Crippen LogP contribution in [0.3, 0.4) is 0 Å². The summed E-state index contributed by atoms with van der Waals surface area (Å²) < 4.78 is 39.4. The zero-order chi connectivity index (χ0) is 41.0. The number of ether oxygens (including phenoxy) is 8. The molecule has 2 aliphatic rings. The van der Waals surface area contributed by atoms with Gasteiger partial charge in [0.1, 0.15) is 23.0 Å². The van der Waals surface area contributed by atoms with Gasteiger partial charge in [0, 0.05) is 12.8 Å². The molecule has 313 valence electrons. The molecule has 0 aliphatic heterocycles. The third-order valence-corrected chi connectivity index (χ3v) is 8.15. The van der Waals surface area contributed by atoms with Crippen LogP contribution in [0.4, 0.5) is 19.2 Å². The van der Waals surface area contributed by atoms with Crippen LogP contribution in [-0.2, 0) is 58.4 Å². The summed E-state index contributed by atoms with van der Waals surface area (Å²) in [7, 11) is 0. The van der Waals surface area contributed by atoms with E-state index in [9.17, 15) is 39.0 Å². The van der Waals surface area contributed by atoms with E-state index < -0.39 is 24.6 Å². The van der Waals surface area contributed by atoms with Crippen LogP contribution in [0.25, 0.3) is 0 Å². The van der Waals surface area contributed by atoms with Gasteiger partial charge in [0.25, 0.3) is 0 Å². The van der Waals surface area contributed by atoms with Crippen molar-refractivity contribution >= 4 is 36.2 Å². The topological polar surface area (TPSA) is 222 Å². The minimum atomic E-state index is -0.880. The molecule has 2 aliphatic carbocycles. The van der Waals surface area contributed by atoms with E-state index in [0.29, 0.717) is 60.8 Å². The van der Waals surface area contributed by atoms with Gasteiger partial charge in [-0.2, -0.15) is 0 Å². The monoisotopic (exact) mass is 845 g/mol. The molecule has 2 aromatic rings. The Labute approximate surface area is 340 Å². The molecule has 57 heavy (non-hydrogen) atoms. The molecule has 4 rings (SSSR count). The van der Waals surface area contributed by atoms with Crippen LogP contribution in [-0.4, -0.2) is 62.6 Å². The number of carbonyl (C=O) groups is 6. The van der Waals surface area contributed by atoms with Gasteiger partial charge in [-0.25, -0.2) is 19.2 Å². The molecular formula is C40H46CuO16. The number of hydrogen-bond donors (Lipinski definition) is 0. The zero-order valence-corrected chi connectivity index (χ0v) is 33.1. The summed E-state index contributed by atoms with van der Waals surface area (Å²) in [5.74, 6) is 0.0844. The Morgan fingerprint density at radius 2 is 0.860 bits per heavy atom. The van der Waals surface area contributed by atoms with E-state index in [4.69, 9.17) is 37.9 Å². The summed E-state index contributed by atoms with van der Waals surface area (Å²) in [6, 6.07) is 8.73. The second-order valence-corrected chi connectivity index (χ2v) is 12.0. The first-order chi connectivity index (χ1) is 26.9. The minimum Gasteiger partial charge on any atom is -0.875 e. The maximum absolute atomic E-state index is 12.3. The van der Waals surface area contributed by atoms with E-state index >= 15 is 0 Å². The van der Waals surface area contributed by atoms with Crippen molar-refractivity contribution in [3.05, 3.63) is 70.2 Å². The van der Waals surface area contributed by atoms with Gasteiger partial charge in [0.15, 0.2) is 11.6 Å². The number of aryl methyl sites for hydroxylation is 2. The van der Waals surface area contributed by atoms with Gasteiger partial charge in [0.2, 0.25) is 0 Å². The molecule has 0 N–H and O–H groups in total. The maximum Gasteiger partial charge on any atom is 2.00 e. The first-order valence-electron chi connectivity index (χ1n) is 18.4. The van der Waals surface area contributed by atoms with Gasteiger partial charge in [-0.15, -0.1) is 11.5 Å². The van der Waals surface area contributed by atoms with Gasteiger partial charge in [-0.3, -0.25) is 9.59 Å². The molecule has 16 nitrogen and oxygen atoms in total. The van der Waals surface area contributed by atoms with Gasteiger partial charge >= 0.3 is 41.7 Å². The molecule has 1 radical (unpaired) electrons. The first-order valence-corrected chi connectivity index (χ1v) is 18.4. The minimum absolute atomic E-state index is 0. The Bertz CT molecular complexity index is 1670. The molecular weight excluding hydrogens is 800 g/mol. The summed E-state index contributed by atoms with van der Waals surface area (Å²) in [6.45, 7) is 7.22. The number of rotatable bonds is 14. The fourth-order valence-electron chi connectivity index (χ4n) is 5.61. The van der Waals surface area contributed by atoms with E-state index in [1.165, 1.54) is 36.4 Å². The summed E-state index contributed by atoms with van der Waals surface area (Å²) in [5, 5.41) is 24.6. The summed E-state index contributed by atoms with van der Waals surface area (Å²) >= 11 is 0. The number of allylic oxidation sites excluding steroid dienone is 4. The predicted octanol–water partition coefficient (Wildman–Crippen LogP) is 6.11. The van der Waals surface area contributed by atoms with E-state index in [0.717, 1.165) is 0 Å². The fourth-order valence-corrected chi connectivity index (χ4v) is 5.61. The molecule has 0 unspecified atom stereocenters. The molecule has 0 bridgehead atoms. The standard InChI is InChI=1S/2C20H24O8.Cu/c2*1-3-25-19(23)27-14-9-11-18(28-20(24)26-4-2)13(12-14)8-10-17(22)15-6-5-7-16(15)21;/h2*9,11-12,22H,3-8,10H2,1-2H3;/q;;+2/p-2. The quantitative estimate of drug-likeness (QED) is 0.0522. The number of hydrogen-bond acceptors (Lipinski definition) is 16. The smallest absolute Gasteiger partial charge is 0.875 e. The molecule has 0 saturated heterocycles. The largest absolute Gasteiger partial charge is 2.00 e. The Morgan fingerprint density at radius 1 is 0.526 bits per heavy atom. The van der Waals surface area contributed by atoms with Crippen molar-refractivity contribution in [2.45, 2.75) is 91.9 Å². The van der Waals surface area contributed by atoms with Crippen molar-refractivity contribution in [1.29, 1.82) is 0 Å². The van der Waals surface area contributed by atoms with E-state index in [1.807, 2.05) is 0 Å². The molecule has 0 atom stereocenters. The summed E-state index contributed by atoms with van der Waals surface area (Å²) in [4.78, 5) is 69.7. The molecule has 0 amide bonds. The van der Waals surface area contributed by atoms with Crippen LogP contribution < -0.4 is 29.2 Å². The van der Waals surface area contributed by atoms with Crippen LogP contribution in [0.5, 0.6) is 23.0 Å². The van der Waals surface area contributed by atoms with Crippen LogP contribution >= 0.6 is 0 Å². The van der Waals surface area contributed by atoms with E-state index in [2.05, 4.69) is 0 Å². The molecule has 2 aromatic carbocycles. The van der Waals surface area contributed by atoms with Crippen molar-refractivity contribution in [2.75, 3.05) is 26.4 Å². The SMILES string of the molecule is CCOC(=O)Oc1ccc(OC(=O)OCC)c(CCC([O-])=C2CCCC2=O)c1.CCOC(=O)Oc1ccc(OC(=O)OCC)c(CCC([O-])=C2CCCC2=O)c1.[Cu+2]. The van der Waals surface area contributed by atoms with Crippen molar-refractivity contribution in [2.24, 2.45) is 0 Å². The molecule has 17 heteroatoms. The number of ketones is 2. The third kappa shape index (κ3) is 15.9. The molecule has 2 fully saturated rings. The molecule has 0 spiro atoms. The average molecular weight is 846 g/mol. The Morgan fingerprint density at radius 3 is 1.16 bits per heavy atom. The van der Waals surface area contributed by atoms with Gasteiger partial charge in [-0.05, 0) is 138 Å². The van der Waals surface area contributed by atoms with Gasteiger partial charge in [0.05, 0.1) is 26.4 Å². The van der Waals surface area contributed by atoms with Crippen LogP contribution in [0.15, 0.2) is 59.1 Å². The first kappa shape index (κ1) is 47.6. The Kier molecular flexibility index (Phi) is 20.8. The van der Waals surface area contributed by atoms with Gasteiger partial charge in [-0.1, -0.05) is 0 Å². The van der Waals surface area contributed by atoms with Crippen molar-refractivity contribution in [1.82, 2.24) is 0 Å². The zero-order valence-electron chi connectivity index (χ0n) is 32.2. The van der Waals surface area contributed by atoms with E-state index in [-0.39, 0.29) is 115 Å². The van der Waals surface area contributed by atoms with Crippen molar-refractivity contribution in [3.63, 3.8) is 0 Å². The van der Waals surface area contributed by atoms with Crippen molar-refractivity contribution in [3.8, 4) is 23.0 Å².